The third-order valence-electron chi connectivity index (χ3n) is 4.42. The van der Waals surface area contributed by atoms with Gasteiger partial charge in [-0.3, -0.25) is 0 Å². The minimum absolute atomic E-state index is 0.295. The van der Waals surface area contributed by atoms with Gasteiger partial charge in [-0.05, 0) is 48.9 Å². The normalized spacial score (nSPS) is 17.5. The van der Waals surface area contributed by atoms with Gasteiger partial charge in [0.15, 0.2) is 0 Å². The molecule has 0 aliphatic heterocycles. The summed E-state index contributed by atoms with van der Waals surface area (Å²) in [5.41, 5.74) is 2.37. The molecule has 0 heterocycles. The van der Waals surface area contributed by atoms with E-state index in [0.717, 1.165) is 43.6 Å². The molecule has 1 aliphatic rings. The summed E-state index contributed by atoms with van der Waals surface area (Å²) in [6.45, 7) is 3.05. The van der Waals surface area contributed by atoms with Gasteiger partial charge in [-0.1, -0.05) is 51.5 Å². The van der Waals surface area contributed by atoms with Gasteiger partial charge in [0.25, 0.3) is 0 Å². The van der Waals surface area contributed by atoms with Gasteiger partial charge in [0.05, 0.1) is 12.7 Å². The first-order chi connectivity index (χ1) is 10.3. The van der Waals surface area contributed by atoms with Crippen LogP contribution in [0.2, 0.25) is 0 Å². The Morgan fingerprint density at radius 1 is 1.10 bits per heavy atom. The summed E-state index contributed by atoms with van der Waals surface area (Å²) in [7, 11) is 0. The molecule has 1 N–H and O–H groups in total. The predicted molar refractivity (Wildman–Crippen MR) is 87.8 cm³/mol. The van der Waals surface area contributed by atoms with Crippen molar-refractivity contribution in [2.24, 2.45) is 0 Å². The van der Waals surface area contributed by atoms with Crippen LogP contribution in [-0.4, -0.2) is 11.7 Å². The fraction of sp³-hybridized carbons (Fsp3) is 0.684. The molecule has 1 aromatic carbocycles. The van der Waals surface area contributed by atoms with E-state index in [2.05, 4.69) is 19.1 Å². The van der Waals surface area contributed by atoms with Crippen molar-refractivity contribution in [3.63, 3.8) is 0 Å². The average molecular weight is 290 g/mol. The van der Waals surface area contributed by atoms with E-state index in [0.29, 0.717) is 0 Å². The second-order valence-corrected chi connectivity index (χ2v) is 6.24. The number of hydrogen-bond acceptors (Lipinski definition) is 2. The second-order valence-electron chi connectivity index (χ2n) is 6.24. The molecule has 0 fully saturated rings. The third-order valence-corrected chi connectivity index (χ3v) is 4.42. The monoisotopic (exact) mass is 290 g/mol. The SMILES string of the molecule is CCCCCCCCCOc1ccc2c(c1)C(O)CCC2. The number of aliphatic hydroxyl groups excluding tert-OH is 1. The van der Waals surface area contributed by atoms with Crippen LogP contribution in [0.3, 0.4) is 0 Å². The van der Waals surface area contributed by atoms with Crippen molar-refractivity contribution in [3.05, 3.63) is 29.3 Å². The van der Waals surface area contributed by atoms with E-state index in [1.807, 2.05) is 6.07 Å². The smallest absolute Gasteiger partial charge is 0.119 e. The first kappa shape index (κ1) is 16.4. The van der Waals surface area contributed by atoms with Crippen molar-refractivity contribution in [1.82, 2.24) is 0 Å². The lowest BCUT2D eigenvalue weighted by Crippen LogP contribution is -2.09. The maximum atomic E-state index is 10.0. The number of aryl methyl sites for hydroxylation is 1. The molecule has 0 spiro atoms. The van der Waals surface area contributed by atoms with Crippen molar-refractivity contribution in [2.75, 3.05) is 6.61 Å². The lowest BCUT2D eigenvalue weighted by Gasteiger charge is -2.22. The molecule has 0 amide bonds. The molecule has 0 saturated heterocycles. The topological polar surface area (TPSA) is 29.5 Å². The first-order valence-electron chi connectivity index (χ1n) is 8.75. The largest absolute Gasteiger partial charge is 0.494 e. The van der Waals surface area contributed by atoms with Gasteiger partial charge in [0.1, 0.15) is 5.75 Å². The molecule has 0 bridgehead atoms. The molecule has 1 aromatic rings. The quantitative estimate of drug-likeness (QED) is 0.634. The van der Waals surface area contributed by atoms with Crippen molar-refractivity contribution in [3.8, 4) is 5.75 Å². The highest BCUT2D eigenvalue weighted by atomic mass is 16.5. The molecule has 2 nitrogen and oxygen atoms in total. The summed E-state index contributed by atoms with van der Waals surface area (Å²) in [5, 5.41) is 10.0. The number of hydrogen-bond donors (Lipinski definition) is 1. The highest BCUT2D eigenvalue weighted by Crippen LogP contribution is 2.32. The molecule has 1 aliphatic carbocycles. The van der Waals surface area contributed by atoms with Crippen LogP contribution < -0.4 is 4.74 Å². The number of fused-ring (bicyclic) bond motifs is 1. The van der Waals surface area contributed by atoms with Crippen molar-refractivity contribution in [2.45, 2.75) is 77.2 Å². The third kappa shape index (κ3) is 5.35. The molecular formula is C19H30O2. The van der Waals surface area contributed by atoms with E-state index in [-0.39, 0.29) is 6.10 Å². The van der Waals surface area contributed by atoms with Crippen LogP contribution in [0.4, 0.5) is 0 Å². The van der Waals surface area contributed by atoms with Gasteiger partial charge in [0.2, 0.25) is 0 Å². The number of unbranched alkanes of at least 4 members (excludes halogenated alkanes) is 6. The van der Waals surface area contributed by atoms with E-state index in [1.165, 1.54) is 44.1 Å². The Bertz CT molecular complexity index is 414. The van der Waals surface area contributed by atoms with Crippen molar-refractivity contribution in [1.29, 1.82) is 0 Å². The number of benzene rings is 1. The van der Waals surface area contributed by atoms with Crippen LogP contribution in [0.5, 0.6) is 5.75 Å². The maximum Gasteiger partial charge on any atom is 0.119 e. The zero-order valence-corrected chi connectivity index (χ0v) is 13.4. The Morgan fingerprint density at radius 3 is 2.67 bits per heavy atom. The van der Waals surface area contributed by atoms with Gasteiger partial charge in [0, 0.05) is 0 Å². The minimum atomic E-state index is -0.295. The van der Waals surface area contributed by atoms with E-state index >= 15 is 0 Å². The number of ether oxygens (including phenoxy) is 1. The van der Waals surface area contributed by atoms with Gasteiger partial charge in [-0.25, -0.2) is 0 Å². The van der Waals surface area contributed by atoms with Crippen LogP contribution in [0.1, 0.15) is 81.9 Å². The molecule has 0 radical (unpaired) electrons. The summed E-state index contributed by atoms with van der Waals surface area (Å²) in [4.78, 5) is 0. The Kier molecular flexibility index (Phi) is 7.08. The summed E-state index contributed by atoms with van der Waals surface area (Å²) in [5.74, 6) is 0.917. The van der Waals surface area contributed by atoms with Crippen molar-refractivity contribution < 1.29 is 9.84 Å². The molecular weight excluding hydrogens is 260 g/mol. The molecule has 2 heteroatoms. The average Bonchev–Trinajstić information content (AvgIpc) is 2.51. The molecule has 2 rings (SSSR count). The van der Waals surface area contributed by atoms with Crippen LogP contribution >= 0.6 is 0 Å². The fourth-order valence-electron chi connectivity index (χ4n) is 3.09. The van der Waals surface area contributed by atoms with Gasteiger partial charge >= 0.3 is 0 Å². The van der Waals surface area contributed by atoms with Crippen molar-refractivity contribution >= 4 is 0 Å². The van der Waals surface area contributed by atoms with Crippen LogP contribution in [-0.2, 0) is 6.42 Å². The van der Waals surface area contributed by atoms with Crippen LogP contribution in [0, 0.1) is 0 Å². The lowest BCUT2D eigenvalue weighted by molar-refractivity contribution is 0.156. The summed E-state index contributed by atoms with van der Waals surface area (Å²) >= 11 is 0. The second kappa shape index (κ2) is 9.09. The Labute approximate surface area is 129 Å². The molecule has 1 unspecified atom stereocenters. The zero-order chi connectivity index (χ0) is 14.9. The van der Waals surface area contributed by atoms with E-state index in [1.54, 1.807) is 0 Å². The highest BCUT2D eigenvalue weighted by Gasteiger charge is 2.18. The first-order valence-corrected chi connectivity index (χ1v) is 8.75. The van der Waals surface area contributed by atoms with Gasteiger partial charge in [-0.15, -0.1) is 0 Å². The molecule has 0 saturated carbocycles. The van der Waals surface area contributed by atoms with Gasteiger partial charge in [-0.2, -0.15) is 0 Å². The minimum Gasteiger partial charge on any atom is -0.494 e. The van der Waals surface area contributed by atoms with E-state index in [9.17, 15) is 5.11 Å². The van der Waals surface area contributed by atoms with Crippen LogP contribution in [0.15, 0.2) is 18.2 Å². The fourth-order valence-corrected chi connectivity index (χ4v) is 3.09. The Balaban J connectivity index is 1.66. The standard InChI is InChI=1S/C19H30O2/c1-2-3-4-5-6-7-8-14-21-17-13-12-16-10-9-11-19(20)18(16)15-17/h12-13,15,19-20H,2-11,14H2,1H3. The predicted octanol–water partition coefficient (Wildman–Crippen LogP) is 5.19. The zero-order valence-electron chi connectivity index (χ0n) is 13.4. The number of rotatable bonds is 9. The maximum absolute atomic E-state index is 10.0. The number of aliphatic hydroxyl groups is 1. The van der Waals surface area contributed by atoms with E-state index in [4.69, 9.17) is 4.74 Å². The molecule has 21 heavy (non-hydrogen) atoms. The summed E-state index contributed by atoms with van der Waals surface area (Å²) in [6, 6.07) is 6.22. The summed E-state index contributed by atoms with van der Waals surface area (Å²) < 4.78 is 5.84. The van der Waals surface area contributed by atoms with Crippen LogP contribution in [0.25, 0.3) is 0 Å². The summed E-state index contributed by atoms with van der Waals surface area (Å²) in [6.07, 6.45) is 11.9. The molecule has 118 valence electrons. The lowest BCUT2D eigenvalue weighted by atomic mass is 9.89. The molecule has 0 aromatic heterocycles. The molecule has 1 atom stereocenters. The van der Waals surface area contributed by atoms with E-state index < -0.39 is 0 Å². The van der Waals surface area contributed by atoms with Gasteiger partial charge < -0.3 is 9.84 Å². The Morgan fingerprint density at radius 2 is 1.86 bits per heavy atom. The highest BCUT2D eigenvalue weighted by molar-refractivity contribution is 5.38. The Hall–Kier alpha value is -1.02.